The van der Waals surface area contributed by atoms with Crippen LogP contribution in [0.4, 0.5) is 0 Å². The highest BCUT2D eigenvalue weighted by molar-refractivity contribution is 6.08. The summed E-state index contributed by atoms with van der Waals surface area (Å²) in [5, 5.41) is 4.43. The number of fused-ring (bicyclic) bond motifs is 1. The minimum absolute atomic E-state index is 0.174. The van der Waals surface area contributed by atoms with Crippen molar-refractivity contribution in [2.45, 2.75) is 0 Å². The smallest absolute Gasteiger partial charge is 0.252 e. The van der Waals surface area contributed by atoms with E-state index in [0.29, 0.717) is 5.56 Å². The summed E-state index contributed by atoms with van der Waals surface area (Å²) in [6.07, 6.45) is 5.13. The second-order valence-corrected chi connectivity index (χ2v) is 3.75. The first-order valence-electron chi connectivity index (χ1n) is 5.55. The number of terminal acetylenes is 1. The summed E-state index contributed by atoms with van der Waals surface area (Å²) in [4.78, 5) is 12.0. The Balaban J connectivity index is 2.53. The van der Waals surface area contributed by atoms with Crippen LogP contribution in [0.5, 0.6) is 5.75 Å². The Morgan fingerprint density at radius 2 is 2.00 bits per heavy atom. The minimum atomic E-state index is -0.174. The Morgan fingerprint density at radius 3 is 2.67 bits per heavy atom. The van der Waals surface area contributed by atoms with Crippen molar-refractivity contribution >= 4 is 16.7 Å². The van der Waals surface area contributed by atoms with Crippen molar-refractivity contribution in [3.05, 3.63) is 42.0 Å². The van der Waals surface area contributed by atoms with Gasteiger partial charge in [-0.1, -0.05) is 30.2 Å². The maximum absolute atomic E-state index is 12.0. The van der Waals surface area contributed by atoms with E-state index in [1.54, 1.807) is 19.2 Å². The van der Waals surface area contributed by atoms with Gasteiger partial charge in [-0.2, -0.15) is 0 Å². The van der Waals surface area contributed by atoms with Gasteiger partial charge in [-0.3, -0.25) is 4.79 Å². The van der Waals surface area contributed by atoms with E-state index >= 15 is 0 Å². The molecule has 0 unspecified atom stereocenters. The summed E-state index contributed by atoms with van der Waals surface area (Å²) in [5.41, 5.74) is 0.599. The molecule has 0 atom stereocenters. The molecule has 0 aromatic heterocycles. The van der Waals surface area contributed by atoms with Crippen molar-refractivity contribution in [3.63, 3.8) is 0 Å². The molecule has 3 heteroatoms. The van der Waals surface area contributed by atoms with Crippen molar-refractivity contribution in [1.82, 2.24) is 5.32 Å². The van der Waals surface area contributed by atoms with E-state index in [0.717, 1.165) is 16.5 Å². The van der Waals surface area contributed by atoms with E-state index in [1.807, 2.05) is 24.3 Å². The number of carbonyl (C=O) groups is 1. The molecule has 2 aromatic rings. The Morgan fingerprint density at radius 1 is 1.28 bits per heavy atom. The highest BCUT2D eigenvalue weighted by Gasteiger charge is 2.11. The normalized spacial score (nSPS) is 9.78. The van der Waals surface area contributed by atoms with Crippen LogP contribution in [0.15, 0.2) is 36.4 Å². The molecular formula is C15H13NO2. The molecule has 18 heavy (non-hydrogen) atoms. The molecule has 0 spiro atoms. The van der Waals surface area contributed by atoms with Crippen molar-refractivity contribution in [1.29, 1.82) is 0 Å². The van der Waals surface area contributed by atoms with E-state index in [-0.39, 0.29) is 12.5 Å². The molecule has 0 aliphatic rings. The van der Waals surface area contributed by atoms with E-state index in [1.165, 1.54) is 0 Å². The lowest BCUT2D eigenvalue weighted by Crippen LogP contribution is -2.23. The third kappa shape index (κ3) is 2.14. The highest BCUT2D eigenvalue weighted by atomic mass is 16.5. The SMILES string of the molecule is C#CCNC(=O)c1ccc(OC)c2ccccc12. The van der Waals surface area contributed by atoms with Gasteiger partial charge in [0.2, 0.25) is 0 Å². The number of rotatable bonds is 3. The second kappa shape index (κ2) is 5.24. The van der Waals surface area contributed by atoms with Gasteiger partial charge < -0.3 is 10.1 Å². The minimum Gasteiger partial charge on any atom is -0.496 e. The van der Waals surface area contributed by atoms with Gasteiger partial charge in [-0.25, -0.2) is 0 Å². The fourth-order valence-corrected chi connectivity index (χ4v) is 1.87. The zero-order valence-electron chi connectivity index (χ0n) is 10.1. The molecule has 2 aromatic carbocycles. The summed E-state index contributed by atoms with van der Waals surface area (Å²) < 4.78 is 5.28. The maximum atomic E-state index is 12.0. The number of hydrogen-bond acceptors (Lipinski definition) is 2. The molecule has 0 bridgehead atoms. The molecule has 90 valence electrons. The van der Waals surface area contributed by atoms with Crippen LogP contribution in [-0.2, 0) is 0 Å². The monoisotopic (exact) mass is 239 g/mol. The van der Waals surface area contributed by atoms with Gasteiger partial charge in [0, 0.05) is 10.9 Å². The molecule has 3 nitrogen and oxygen atoms in total. The molecule has 1 amide bonds. The van der Waals surface area contributed by atoms with Crippen LogP contribution < -0.4 is 10.1 Å². The number of carbonyl (C=O) groups excluding carboxylic acids is 1. The number of methoxy groups -OCH3 is 1. The number of nitrogens with one attached hydrogen (secondary N) is 1. The van der Waals surface area contributed by atoms with E-state index < -0.39 is 0 Å². The molecule has 0 radical (unpaired) electrons. The Labute approximate surface area is 106 Å². The van der Waals surface area contributed by atoms with Crippen molar-refractivity contribution < 1.29 is 9.53 Å². The van der Waals surface area contributed by atoms with Crippen LogP contribution in [0.1, 0.15) is 10.4 Å². The Hall–Kier alpha value is -2.47. The first-order chi connectivity index (χ1) is 8.77. The van der Waals surface area contributed by atoms with E-state index in [4.69, 9.17) is 11.2 Å². The molecule has 2 rings (SSSR count). The molecule has 0 saturated heterocycles. The van der Waals surface area contributed by atoms with Gasteiger partial charge >= 0.3 is 0 Å². The third-order valence-electron chi connectivity index (χ3n) is 2.70. The van der Waals surface area contributed by atoms with Gasteiger partial charge in [0.05, 0.1) is 13.7 Å². The third-order valence-corrected chi connectivity index (χ3v) is 2.70. The van der Waals surface area contributed by atoms with Gasteiger partial charge in [-0.15, -0.1) is 6.42 Å². The van der Waals surface area contributed by atoms with E-state index in [9.17, 15) is 4.79 Å². The highest BCUT2D eigenvalue weighted by Crippen LogP contribution is 2.28. The standard InChI is InChI=1S/C15H13NO2/c1-3-10-16-15(17)13-8-9-14(18-2)12-7-5-4-6-11(12)13/h1,4-9H,10H2,2H3,(H,16,17). The molecule has 0 aliphatic heterocycles. The van der Waals surface area contributed by atoms with Gasteiger partial charge in [0.25, 0.3) is 5.91 Å². The molecule has 1 N–H and O–H groups in total. The average molecular weight is 239 g/mol. The van der Waals surface area contributed by atoms with Gasteiger partial charge in [0.1, 0.15) is 5.75 Å². The van der Waals surface area contributed by atoms with Crippen LogP contribution in [0.2, 0.25) is 0 Å². The number of benzene rings is 2. The summed E-state index contributed by atoms with van der Waals surface area (Å²) in [6.45, 7) is 0.221. The lowest BCUT2D eigenvalue weighted by Gasteiger charge is -2.09. The zero-order valence-corrected chi connectivity index (χ0v) is 10.1. The van der Waals surface area contributed by atoms with Crippen LogP contribution in [0, 0.1) is 12.3 Å². The predicted molar refractivity (Wildman–Crippen MR) is 71.7 cm³/mol. The summed E-state index contributed by atoms with van der Waals surface area (Å²) in [7, 11) is 1.61. The zero-order chi connectivity index (χ0) is 13.0. The van der Waals surface area contributed by atoms with E-state index in [2.05, 4.69) is 11.2 Å². The van der Waals surface area contributed by atoms with Crippen LogP contribution >= 0.6 is 0 Å². The topological polar surface area (TPSA) is 38.3 Å². The average Bonchev–Trinajstić information content (AvgIpc) is 2.43. The molecule has 0 fully saturated rings. The second-order valence-electron chi connectivity index (χ2n) is 3.75. The summed E-state index contributed by atoms with van der Waals surface area (Å²) in [5.74, 6) is 2.96. The molecular weight excluding hydrogens is 226 g/mol. The van der Waals surface area contributed by atoms with Gasteiger partial charge in [-0.05, 0) is 17.5 Å². The quantitative estimate of drug-likeness (QED) is 0.834. The summed E-state index contributed by atoms with van der Waals surface area (Å²) >= 11 is 0. The predicted octanol–water partition coefficient (Wildman–Crippen LogP) is 2.21. The molecule has 0 heterocycles. The van der Waals surface area contributed by atoms with Crippen LogP contribution in [0.25, 0.3) is 10.8 Å². The summed E-state index contributed by atoms with van der Waals surface area (Å²) in [6, 6.07) is 11.1. The van der Waals surface area contributed by atoms with Crippen molar-refractivity contribution in [2.75, 3.05) is 13.7 Å². The lowest BCUT2D eigenvalue weighted by molar-refractivity contribution is 0.0960. The molecule has 0 aliphatic carbocycles. The van der Waals surface area contributed by atoms with Crippen LogP contribution in [0.3, 0.4) is 0 Å². The van der Waals surface area contributed by atoms with Crippen molar-refractivity contribution in [3.8, 4) is 18.1 Å². The Kier molecular flexibility index (Phi) is 3.49. The fourth-order valence-electron chi connectivity index (χ4n) is 1.87. The fraction of sp³-hybridized carbons (Fsp3) is 0.133. The number of amides is 1. The van der Waals surface area contributed by atoms with Crippen LogP contribution in [-0.4, -0.2) is 19.6 Å². The lowest BCUT2D eigenvalue weighted by atomic mass is 10.0. The first kappa shape index (κ1) is 12.0. The largest absolute Gasteiger partial charge is 0.496 e. The maximum Gasteiger partial charge on any atom is 0.252 e. The number of ether oxygens (including phenoxy) is 1. The Bertz CT molecular complexity index is 626. The van der Waals surface area contributed by atoms with Gasteiger partial charge in [0.15, 0.2) is 0 Å². The molecule has 0 saturated carbocycles. The van der Waals surface area contributed by atoms with Crippen molar-refractivity contribution in [2.24, 2.45) is 0 Å². The number of hydrogen-bond donors (Lipinski definition) is 1. The first-order valence-corrected chi connectivity index (χ1v) is 5.55.